The van der Waals surface area contributed by atoms with E-state index in [-0.39, 0.29) is 17.1 Å². The number of nitrogen functional groups attached to an aromatic ring is 1. The molecule has 0 saturated heterocycles. The van der Waals surface area contributed by atoms with E-state index in [1.165, 1.54) is 12.1 Å². The van der Waals surface area contributed by atoms with E-state index in [2.05, 4.69) is 16.6 Å². The zero-order chi connectivity index (χ0) is 13.8. The standard InChI is InChI=1S/C10H11N3O4S/c1-2-3-6-12-18(16,17)8-4-5-9(11)10(7-8)13(14)15/h4-5,7,12H,6,11H2,1H3. The van der Waals surface area contributed by atoms with Crippen molar-refractivity contribution in [2.24, 2.45) is 0 Å². The topological polar surface area (TPSA) is 115 Å². The van der Waals surface area contributed by atoms with Crippen molar-refractivity contribution in [3.8, 4) is 11.8 Å². The summed E-state index contributed by atoms with van der Waals surface area (Å²) in [5, 5.41) is 10.6. The van der Waals surface area contributed by atoms with Crippen molar-refractivity contribution in [1.82, 2.24) is 4.72 Å². The monoisotopic (exact) mass is 269 g/mol. The number of nitrogens with zero attached hydrogens (tertiary/aromatic N) is 1. The predicted octanol–water partition coefficient (Wildman–Crippen LogP) is 0.479. The summed E-state index contributed by atoms with van der Waals surface area (Å²) < 4.78 is 25.7. The average molecular weight is 269 g/mol. The second-order valence-corrected chi connectivity index (χ2v) is 5.00. The highest BCUT2D eigenvalue weighted by molar-refractivity contribution is 7.89. The zero-order valence-corrected chi connectivity index (χ0v) is 10.3. The molecule has 0 spiro atoms. The molecule has 18 heavy (non-hydrogen) atoms. The van der Waals surface area contributed by atoms with Crippen LogP contribution in [0.15, 0.2) is 23.1 Å². The maximum atomic E-state index is 11.8. The molecule has 0 unspecified atom stereocenters. The van der Waals surface area contributed by atoms with Crippen molar-refractivity contribution in [3.05, 3.63) is 28.3 Å². The van der Waals surface area contributed by atoms with Gasteiger partial charge in [0.05, 0.1) is 16.4 Å². The van der Waals surface area contributed by atoms with Crippen LogP contribution in [0, 0.1) is 22.0 Å². The Kier molecular flexibility index (Phi) is 4.25. The summed E-state index contributed by atoms with van der Waals surface area (Å²) in [7, 11) is -3.82. The van der Waals surface area contributed by atoms with E-state index < -0.39 is 20.6 Å². The lowest BCUT2D eigenvalue weighted by Gasteiger charge is -2.04. The van der Waals surface area contributed by atoms with Crippen LogP contribution >= 0.6 is 0 Å². The molecular formula is C10H11N3O4S. The molecule has 0 atom stereocenters. The Balaban J connectivity index is 3.12. The molecule has 96 valence electrons. The second-order valence-electron chi connectivity index (χ2n) is 3.23. The van der Waals surface area contributed by atoms with Gasteiger partial charge >= 0.3 is 0 Å². The molecule has 1 rings (SSSR count). The molecule has 0 aromatic heterocycles. The molecule has 0 heterocycles. The highest BCUT2D eigenvalue weighted by Crippen LogP contribution is 2.24. The number of nitro benzene ring substituents is 1. The molecule has 8 heteroatoms. The molecule has 1 aromatic rings. The average Bonchev–Trinajstić information content (AvgIpc) is 2.29. The van der Waals surface area contributed by atoms with Crippen LogP contribution in [-0.4, -0.2) is 19.9 Å². The van der Waals surface area contributed by atoms with Crippen LogP contribution in [0.5, 0.6) is 0 Å². The molecule has 0 radical (unpaired) electrons. The Morgan fingerprint density at radius 2 is 2.17 bits per heavy atom. The Hall–Kier alpha value is -2.11. The minimum absolute atomic E-state index is 0.0585. The van der Waals surface area contributed by atoms with Crippen LogP contribution in [0.3, 0.4) is 0 Å². The van der Waals surface area contributed by atoms with Crippen molar-refractivity contribution in [3.63, 3.8) is 0 Å². The van der Waals surface area contributed by atoms with E-state index >= 15 is 0 Å². The smallest absolute Gasteiger partial charge is 0.293 e. The lowest BCUT2D eigenvalue weighted by atomic mass is 10.3. The molecule has 0 aliphatic heterocycles. The number of sulfonamides is 1. The third-order valence-corrected chi connectivity index (χ3v) is 3.44. The molecule has 0 fully saturated rings. The van der Waals surface area contributed by atoms with Gasteiger partial charge in [0.25, 0.3) is 5.69 Å². The number of nitro groups is 1. The van der Waals surface area contributed by atoms with E-state index in [0.717, 1.165) is 6.07 Å². The fourth-order valence-corrected chi connectivity index (χ4v) is 2.09. The summed E-state index contributed by atoms with van der Waals surface area (Å²) in [5.41, 5.74) is 4.84. The molecule has 0 aliphatic carbocycles. The minimum Gasteiger partial charge on any atom is -0.393 e. The van der Waals surface area contributed by atoms with Gasteiger partial charge in [-0.1, -0.05) is 5.92 Å². The normalized spacial score (nSPS) is 10.5. The lowest BCUT2D eigenvalue weighted by molar-refractivity contribution is -0.384. The number of nitrogens with one attached hydrogen (secondary N) is 1. The molecular weight excluding hydrogens is 258 g/mol. The van der Waals surface area contributed by atoms with E-state index in [0.29, 0.717) is 0 Å². The summed E-state index contributed by atoms with van der Waals surface area (Å²) in [5.74, 6) is 5.05. The zero-order valence-electron chi connectivity index (χ0n) is 9.50. The van der Waals surface area contributed by atoms with E-state index in [1.807, 2.05) is 0 Å². The first-order valence-electron chi connectivity index (χ1n) is 4.81. The quantitative estimate of drug-likeness (QED) is 0.357. The highest BCUT2D eigenvalue weighted by Gasteiger charge is 2.19. The Morgan fingerprint density at radius 1 is 1.50 bits per heavy atom. The van der Waals surface area contributed by atoms with E-state index in [1.54, 1.807) is 6.92 Å². The molecule has 0 saturated carbocycles. The number of benzene rings is 1. The summed E-state index contributed by atoms with van der Waals surface area (Å²) in [6, 6.07) is 3.29. The van der Waals surface area contributed by atoms with Gasteiger partial charge in [0.15, 0.2) is 0 Å². The maximum Gasteiger partial charge on any atom is 0.293 e. The Labute approximate surface area is 104 Å². The van der Waals surface area contributed by atoms with E-state index in [4.69, 9.17) is 5.73 Å². The molecule has 7 nitrogen and oxygen atoms in total. The van der Waals surface area contributed by atoms with Gasteiger partial charge in [-0.3, -0.25) is 10.1 Å². The van der Waals surface area contributed by atoms with Crippen LogP contribution in [-0.2, 0) is 10.0 Å². The van der Waals surface area contributed by atoms with Crippen molar-refractivity contribution < 1.29 is 13.3 Å². The SMILES string of the molecule is CC#CCNS(=O)(=O)c1ccc(N)c([N+](=O)[O-])c1. The Morgan fingerprint density at radius 3 is 2.72 bits per heavy atom. The molecule has 0 aliphatic rings. The van der Waals surface area contributed by atoms with Crippen LogP contribution in [0.4, 0.5) is 11.4 Å². The molecule has 0 amide bonds. The first-order valence-corrected chi connectivity index (χ1v) is 6.30. The summed E-state index contributed by atoms with van der Waals surface area (Å²) in [4.78, 5) is 9.69. The van der Waals surface area contributed by atoms with Gasteiger partial charge < -0.3 is 5.73 Å². The van der Waals surface area contributed by atoms with Crippen LogP contribution in [0.2, 0.25) is 0 Å². The fraction of sp³-hybridized carbons (Fsp3) is 0.200. The molecule has 0 bridgehead atoms. The van der Waals surface area contributed by atoms with Crippen molar-refractivity contribution in [2.75, 3.05) is 12.3 Å². The first-order chi connectivity index (χ1) is 8.38. The largest absolute Gasteiger partial charge is 0.393 e. The number of anilines is 1. The van der Waals surface area contributed by atoms with Crippen LogP contribution in [0.25, 0.3) is 0 Å². The fourth-order valence-electron chi connectivity index (χ4n) is 1.15. The Bertz CT molecular complexity index is 628. The van der Waals surface area contributed by atoms with Gasteiger partial charge in [-0.25, -0.2) is 8.42 Å². The number of hydrogen-bond acceptors (Lipinski definition) is 5. The number of hydrogen-bond donors (Lipinski definition) is 2. The van der Waals surface area contributed by atoms with Crippen LogP contribution < -0.4 is 10.5 Å². The van der Waals surface area contributed by atoms with Crippen molar-refractivity contribution in [2.45, 2.75) is 11.8 Å². The molecule has 3 N–H and O–H groups in total. The third-order valence-electron chi connectivity index (χ3n) is 2.04. The van der Waals surface area contributed by atoms with Crippen LogP contribution in [0.1, 0.15) is 6.92 Å². The predicted molar refractivity (Wildman–Crippen MR) is 66.1 cm³/mol. The summed E-state index contributed by atoms with van der Waals surface area (Å²) in [6.07, 6.45) is 0. The first kappa shape index (κ1) is 14.0. The minimum atomic E-state index is -3.82. The second kappa shape index (κ2) is 5.48. The number of rotatable bonds is 4. The lowest BCUT2D eigenvalue weighted by Crippen LogP contribution is -2.24. The van der Waals surface area contributed by atoms with Gasteiger partial charge in [0, 0.05) is 6.07 Å². The van der Waals surface area contributed by atoms with Gasteiger partial charge in [-0.2, -0.15) is 4.72 Å². The summed E-state index contributed by atoms with van der Waals surface area (Å²) in [6.45, 7) is 1.51. The summed E-state index contributed by atoms with van der Waals surface area (Å²) >= 11 is 0. The van der Waals surface area contributed by atoms with Crippen molar-refractivity contribution >= 4 is 21.4 Å². The van der Waals surface area contributed by atoms with Gasteiger partial charge in [0.2, 0.25) is 10.0 Å². The molecule has 1 aromatic carbocycles. The van der Waals surface area contributed by atoms with Gasteiger partial charge in [0.1, 0.15) is 5.69 Å². The third kappa shape index (κ3) is 3.19. The maximum absolute atomic E-state index is 11.8. The van der Waals surface area contributed by atoms with E-state index in [9.17, 15) is 18.5 Å². The highest BCUT2D eigenvalue weighted by atomic mass is 32.2. The van der Waals surface area contributed by atoms with Crippen molar-refractivity contribution in [1.29, 1.82) is 0 Å². The number of nitrogens with two attached hydrogens (primary N) is 1. The van der Waals surface area contributed by atoms with Gasteiger partial charge in [-0.15, -0.1) is 5.92 Å². The van der Waals surface area contributed by atoms with Gasteiger partial charge in [-0.05, 0) is 19.1 Å².